The third kappa shape index (κ3) is 1.83. The molecule has 1 aromatic carbocycles. The van der Waals surface area contributed by atoms with E-state index in [4.69, 9.17) is 0 Å². The minimum atomic E-state index is 0.246. The zero-order chi connectivity index (χ0) is 10.8. The van der Waals surface area contributed by atoms with Gasteiger partial charge in [-0.1, -0.05) is 18.2 Å². The average molecular weight is 192 g/mol. The van der Waals surface area contributed by atoms with Gasteiger partial charge < -0.3 is 0 Å². The first-order valence-corrected chi connectivity index (χ1v) is 5.33. The van der Waals surface area contributed by atoms with Gasteiger partial charge in [-0.3, -0.25) is 4.48 Å². The van der Waals surface area contributed by atoms with E-state index in [0.29, 0.717) is 0 Å². The summed E-state index contributed by atoms with van der Waals surface area (Å²) in [5.74, 6) is 0. The molecule has 0 heterocycles. The number of quaternary nitrogens is 1. The smallest absolute Gasteiger partial charge is 0.133 e. The van der Waals surface area contributed by atoms with E-state index >= 15 is 0 Å². The largest absolute Gasteiger partial charge is 0.290 e. The maximum absolute atomic E-state index is 2.30. The summed E-state index contributed by atoms with van der Waals surface area (Å²) in [4.78, 5) is 0. The summed E-state index contributed by atoms with van der Waals surface area (Å²) < 4.78 is 0.980. The van der Waals surface area contributed by atoms with E-state index < -0.39 is 0 Å². The van der Waals surface area contributed by atoms with Crippen molar-refractivity contribution in [1.82, 2.24) is 4.48 Å². The Morgan fingerprint density at radius 2 is 1.57 bits per heavy atom. The second-order valence-electron chi connectivity index (χ2n) is 5.01. The maximum Gasteiger partial charge on any atom is 0.133 e. The van der Waals surface area contributed by atoms with E-state index in [1.165, 1.54) is 5.69 Å². The molecule has 0 aliphatic carbocycles. The van der Waals surface area contributed by atoms with Crippen LogP contribution in [0.1, 0.15) is 27.7 Å². The van der Waals surface area contributed by atoms with Crippen molar-refractivity contribution < 1.29 is 0 Å². The molecule has 0 fully saturated rings. The van der Waals surface area contributed by atoms with Crippen LogP contribution in [0, 0.1) is 0 Å². The molecule has 0 saturated heterocycles. The molecule has 78 valence electrons. The summed E-state index contributed by atoms with van der Waals surface area (Å²) in [7, 11) is 2.30. The van der Waals surface area contributed by atoms with Crippen molar-refractivity contribution in [2.45, 2.75) is 33.2 Å². The van der Waals surface area contributed by atoms with Gasteiger partial charge in [0.2, 0.25) is 0 Å². The molecule has 0 bridgehead atoms. The Hall–Kier alpha value is -0.820. The number of nitrogens with zero attached hydrogens (tertiary/aromatic N) is 1. The average Bonchev–Trinajstić information content (AvgIpc) is 2.16. The fourth-order valence-corrected chi connectivity index (χ4v) is 1.80. The molecular weight excluding hydrogens is 170 g/mol. The first kappa shape index (κ1) is 11.3. The summed E-state index contributed by atoms with van der Waals surface area (Å²) in [6.07, 6.45) is 0. The van der Waals surface area contributed by atoms with Gasteiger partial charge in [0.1, 0.15) is 5.69 Å². The molecule has 0 amide bonds. The van der Waals surface area contributed by atoms with Gasteiger partial charge in [0, 0.05) is 0 Å². The molecule has 14 heavy (non-hydrogen) atoms. The number of hydrogen-bond donors (Lipinski definition) is 0. The van der Waals surface area contributed by atoms with Gasteiger partial charge in [-0.15, -0.1) is 0 Å². The highest BCUT2D eigenvalue weighted by Crippen LogP contribution is 2.30. The lowest BCUT2D eigenvalue weighted by atomic mass is 10.0. The van der Waals surface area contributed by atoms with Gasteiger partial charge in [0.15, 0.2) is 0 Å². The molecule has 0 spiro atoms. The fraction of sp³-hybridized carbons (Fsp3) is 0.538. The van der Waals surface area contributed by atoms with Crippen molar-refractivity contribution in [3.63, 3.8) is 0 Å². The highest BCUT2D eigenvalue weighted by molar-refractivity contribution is 5.43. The Kier molecular flexibility index (Phi) is 3.01. The fourth-order valence-electron chi connectivity index (χ4n) is 1.80. The van der Waals surface area contributed by atoms with Crippen LogP contribution in [0.2, 0.25) is 0 Å². The molecule has 0 aliphatic heterocycles. The first-order valence-electron chi connectivity index (χ1n) is 5.33. The van der Waals surface area contributed by atoms with E-state index in [0.717, 1.165) is 11.0 Å². The summed E-state index contributed by atoms with van der Waals surface area (Å²) in [6, 6.07) is 10.7. The normalized spacial score (nSPS) is 16.4. The van der Waals surface area contributed by atoms with E-state index in [9.17, 15) is 0 Å². The van der Waals surface area contributed by atoms with Crippen LogP contribution in [0.15, 0.2) is 30.3 Å². The molecular formula is C13H22N+. The van der Waals surface area contributed by atoms with E-state index in [-0.39, 0.29) is 5.54 Å². The summed E-state index contributed by atoms with van der Waals surface area (Å²) in [5, 5.41) is 0. The van der Waals surface area contributed by atoms with Crippen molar-refractivity contribution in [1.29, 1.82) is 0 Å². The van der Waals surface area contributed by atoms with Gasteiger partial charge in [-0.05, 0) is 39.8 Å². The lowest BCUT2D eigenvalue weighted by Crippen LogP contribution is -2.58. The number of rotatable bonds is 2. The third-order valence-electron chi connectivity index (χ3n) is 3.44. The van der Waals surface area contributed by atoms with Gasteiger partial charge >= 0.3 is 0 Å². The Balaban J connectivity index is 3.15. The van der Waals surface area contributed by atoms with Crippen LogP contribution in [0.3, 0.4) is 0 Å². The number of para-hydroxylation sites is 1. The minimum absolute atomic E-state index is 0.246. The van der Waals surface area contributed by atoms with Gasteiger partial charge in [0.25, 0.3) is 0 Å². The second kappa shape index (κ2) is 3.74. The van der Waals surface area contributed by atoms with Crippen molar-refractivity contribution >= 4 is 5.69 Å². The Bertz CT molecular complexity index is 284. The lowest BCUT2D eigenvalue weighted by molar-refractivity contribution is 0.187. The highest BCUT2D eigenvalue weighted by Gasteiger charge is 2.36. The standard InChI is InChI=1S/C13H22N/c1-6-14(5,13(2,3)4)12-10-8-7-9-11-12/h7-11H,6H2,1-5H3/q+1. The SMILES string of the molecule is CC[N+](C)(c1ccccc1)C(C)(C)C. The van der Waals surface area contributed by atoms with Gasteiger partial charge in [-0.25, -0.2) is 0 Å². The van der Waals surface area contributed by atoms with Crippen LogP contribution < -0.4 is 4.48 Å². The van der Waals surface area contributed by atoms with Crippen molar-refractivity contribution in [3.8, 4) is 0 Å². The van der Waals surface area contributed by atoms with Crippen molar-refractivity contribution in [2.75, 3.05) is 13.6 Å². The second-order valence-corrected chi connectivity index (χ2v) is 5.01. The first-order chi connectivity index (χ1) is 6.42. The van der Waals surface area contributed by atoms with Crippen molar-refractivity contribution in [3.05, 3.63) is 30.3 Å². The molecule has 1 rings (SSSR count). The molecule has 1 unspecified atom stereocenters. The number of hydrogen-bond acceptors (Lipinski definition) is 0. The van der Waals surface area contributed by atoms with Crippen LogP contribution in [0.5, 0.6) is 0 Å². The molecule has 1 aromatic rings. The zero-order valence-electron chi connectivity index (χ0n) is 10.0. The predicted octanol–water partition coefficient (Wildman–Crippen LogP) is 3.44. The molecule has 0 aromatic heterocycles. The van der Waals surface area contributed by atoms with Gasteiger partial charge in [-0.2, -0.15) is 0 Å². The molecule has 1 heteroatoms. The minimum Gasteiger partial charge on any atom is -0.290 e. The monoisotopic (exact) mass is 192 g/mol. The molecule has 0 radical (unpaired) electrons. The Morgan fingerprint density at radius 1 is 1.07 bits per heavy atom. The maximum atomic E-state index is 2.30. The summed E-state index contributed by atoms with van der Waals surface area (Å²) >= 11 is 0. The third-order valence-corrected chi connectivity index (χ3v) is 3.44. The molecule has 0 aliphatic rings. The van der Waals surface area contributed by atoms with Crippen LogP contribution >= 0.6 is 0 Å². The van der Waals surface area contributed by atoms with Crippen LogP contribution in [0.25, 0.3) is 0 Å². The zero-order valence-corrected chi connectivity index (χ0v) is 10.0. The van der Waals surface area contributed by atoms with Crippen LogP contribution in [-0.4, -0.2) is 19.1 Å². The molecule has 1 nitrogen and oxygen atoms in total. The topological polar surface area (TPSA) is 0 Å². The quantitative estimate of drug-likeness (QED) is 0.630. The summed E-state index contributed by atoms with van der Waals surface area (Å²) in [5.41, 5.74) is 1.64. The van der Waals surface area contributed by atoms with Crippen LogP contribution in [0.4, 0.5) is 5.69 Å². The Morgan fingerprint density at radius 3 is 1.93 bits per heavy atom. The van der Waals surface area contributed by atoms with Crippen LogP contribution in [-0.2, 0) is 0 Å². The molecule has 0 N–H and O–H groups in total. The van der Waals surface area contributed by atoms with Crippen molar-refractivity contribution in [2.24, 2.45) is 0 Å². The lowest BCUT2D eigenvalue weighted by Gasteiger charge is -2.44. The summed E-state index contributed by atoms with van der Waals surface area (Å²) in [6.45, 7) is 10.3. The molecule has 1 atom stereocenters. The Labute approximate surface area is 88.0 Å². The van der Waals surface area contributed by atoms with E-state index in [1.807, 2.05) is 0 Å². The highest BCUT2D eigenvalue weighted by atomic mass is 15.4. The predicted molar refractivity (Wildman–Crippen MR) is 64.5 cm³/mol. The van der Waals surface area contributed by atoms with E-state index in [1.54, 1.807) is 0 Å². The number of benzene rings is 1. The molecule has 0 saturated carbocycles. The van der Waals surface area contributed by atoms with E-state index in [2.05, 4.69) is 65.1 Å². The van der Waals surface area contributed by atoms with Gasteiger partial charge in [0.05, 0.1) is 19.1 Å².